The topological polar surface area (TPSA) is 95.3 Å². The van der Waals surface area contributed by atoms with Gasteiger partial charge in [-0.3, -0.25) is 9.59 Å². The van der Waals surface area contributed by atoms with Crippen LogP contribution in [0.15, 0.2) is 59.8 Å². The molecule has 0 spiro atoms. The van der Waals surface area contributed by atoms with E-state index in [0.29, 0.717) is 23.3 Å². The van der Waals surface area contributed by atoms with Crippen molar-refractivity contribution >= 4 is 23.6 Å². The van der Waals surface area contributed by atoms with Crippen LogP contribution < -0.4 is 10.1 Å². The summed E-state index contributed by atoms with van der Waals surface area (Å²) in [6, 6.07) is 17.7. The minimum atomic E-state index is -0.497. The van der Waals surface area contributed by atoms with Gasteiger partial charge in [-0.15, -0.1) is 10.2 Å². The fourth-order valence-corrected chi connectivity index (χ4v) is 3.73. The van der Waals surface area contributed by atoms with E-state index in [9.17, 15) is 9.59 Å². The SMILES string of the molecule is COC(=O)CNC(=O)CSc1nnc(-c2ccccc2OC)n1CCc1ccccc1. The Morgan fingerprint density at radius 3 is 2.52 bits per heavy atom. The number of carbonyl (C=O) groups is 2. The Labute approximate surface area is 185 Å². The van der Waals surface area contributed by atoms with Crippen LogP contribution in [0.25, 0.3) is 11.4 Å². The maximum absolute atomic E-state index is 12.1. The Kier molecular flexibility index (Phi) is 8.05. The summed E-state index contributed by atoms with van der Waals surface area (Å²) in [6.07, 6.45) is 0.781. The van der Waals surface area contributed by atoms with E-state index in [1.807, 2.05) is 47.0 Å². The number of amides is 1. The number of aryl methyl sites for hydroxylation is 1. The highest BCUT2D eigenvalue weighted by Gasteiger charge is 2.18. The molecule has 0 saturated carbocycles. The second-order valence-corrected chi connectivity index (χ2v) is 7.48. The van der Waals surface area contributed by atoms with E-state index in [1.165, 1.54) is 24.4 Å². The van der Waals surface area contributed by atoms with Crippen molar-refractivity contribution in [3.63, 3.8) is 0 Å². The Morgan fingerprint density at radius 2 is 1.77 bits per heavy atom. The molecule has 0 fully saturated rings. The molecular weight excluding hydrogens is 416 g/mol. The third kappa shape index (κ3) is 6.08. The molecule has 0 radical (unpaired) electrons. The molecule has 1 aromatic heterocycles. The summed E-state index contributed by atoms with van der Waals surface area (Å²) >= 11 is 1.26. The minimum absolute atomic E-state index is 0.104. The molecule has 31 heavy (non-hydrogen) atoms. The van der Waals surface area contributed by atoms with Crippen molar-refractivity contribution in [2.45, 2.75) is 18.1 Å². The van der Waals surface area contributed by atoms with Gasteiger partial charge in [0.1, 0.15) is 12.3 Å². The summed E-state index contributed by atoms with van der Waals surface area (Å²) in [4.78, 5) is 23.3. The summed E-state index contributed by atoms with van der Waals surface area (Å²) in [5.74, 6) is 0.690. The number of methoxy groups -OCH3 is 2. The molecule has 162 valence electrons. The van der Waals surface area contributed by atoms with E-state index in [2.05, 4.69) is 32.4 Å². The lowest BCUT2D eigenvalue weighted by molar-refractivity contribution is -0.140. The first-order chi connectivity index (χ1) is 15.1. The number of para-hydroxylation sites is 1. The first kappa shape index (κ1) is 22.4. The lowest BCUT2D eigenvalue weighted by Crippen LogP contribution is -2.31. The van der Waals surface area contributed by atoms with Gasteiger partial charge in [-0.1, -0.05) is 54.2 Å². The van der Waals surface area contributed by atoms with E-state index < -0.39 is 5.97 Å². The van der Waals surface area contributed by atoms with Crippen molar-refractivity contribution in [2.75, 3.05) is 26.5 Å². The van der Waals surface area contributed by atoms with E-state index in [-0.39, 0.29) is 18.2 Å². The summed E-state index contributed by atoms with van der Waals surface area (Å²) in [6.45, 7) is 0.472. The highest BCUT2D eigenvalue weighted by atomic mass is 32.2. The number of esters is 1. The molecule has 0 aliphatic heterocycles. The van der Waals surface area contributed by atoms with Crippen molar-refractivity contribution in [3.05, 3.63) is 60.2 Å². The molecule has 0 bridgehead atoms. The van der Waals surface area contributed by atoms with Crippen LogP contribution in [0, 0.1) is 0 Å². The van der Waals surface area contributed by atoms with E-state index in [1.54, 1.807) is 7.11 Å². The van der Waals surface area contributed by atoms with Crippen LogP contribution in [-0.4, -0.2) is 53.2 Å². The number of carbonyl (C=O) groups excluding carboxylic acids is 2. The summed E-state index contributed by atoms with van der Waals surface area (Å²) in [5.41, 5.74) is 2.02. The number of hydrogen-bond acceptors (Lipinski definition) is 7. The van der Waals surface area contributed by atoms with E-state index in [0.717, 1.165) is 12.0 Å². The van der Waals surface area contributed by atoms with Crippen molar-refractivity contribution < 1.29 is 19.1 Å². The van der Waals surface area contributed by atoms with E-state index >= 15 is 0 Å². The van der Waals surface area contributed by atoms with Crippen LogP contribution >= 0.6 is 11.8 Å². The van der Waals surface area contributed by atoms with Crippen LogP contribution in [-0.2, 0) is 27.3 Å². The van der Waals surface area contributed by atoms with Gasteiger partial charge in [-0.2, -0.15) is 0 Å². The molecule has 0 unspecified atom stereocenters. The van der Waals surface area contributed by atoms with Crippen LogP contribution in [0.4, 0.5) is 0 Å². The van der Waals surface area contributed by atoms with Gasteiger partial charge in [0.15, 0.2) is 11.0 Å². The molecule has 0 atom stereocenters. The van der Waals surface area contributed by atoms with Crippen LogP contribution in [0.5, 0.6) is 5.75 Å². The second kappa shape index (κ2) is 11.2. The first-order valence-electron chi connectivity index (χ1n) is 9.69. The molecule has 9 heteroatoms. The molecule has 1 amide bonds. The predicted octanol–water partition coefficient (Wildman–Crippen LogP) is 2.58. The number of benzene rings is 2. The van der Waals surface area contributed by atoms with Gasteiger partial charge < -0.3 is 19.4 Å². The first-order valence-corrected chi connectivity index (χ1v) is 10.7. The van der Waals surface area contributed by atoms with Gasteiger partial charge in [-0.25, -0.2) is 0 Å². The molecule has 0 saturated heterocycles. The molecular formula is C22H24N4O4S. The Hall–Kier alpha value is -3.33. The van der Waals surface area contributed by atoms with Gasteiger partial charge in [0.2, 0.25) is 5.91 Å². The summed E-state index contributed by atoms with van der Waals surface area (Å²) in [7, 11) is 2.89. The number of nitrogens with zero attached hydrogens (tertiary/aromatic N) is 3. The smallest absolute Gasteiger partial charge is 0.325 e. The normalized spacial score (nSPS) is 10.5. The molecule has 1 heterocycles. The number of hydrogen-bond donors (Lipinski definition) is 1. The standard InChI is InChI=1S/C22H24N4O4S/c1-29-18-11-7-6-10-17(18)21-24-25-22(31-15-19(27)23-14-20(28)30-2)26(21)13-12-16-8-4-3-5-9-16/h3-11H,12-15H2,1-2H3,(H,23,27). The quantitative estimate of drug-likeness (QED) is 0.382. The highest BCUT2D eigenvalue weighted by molar-refractivity contribution is 7.99. The van der Waals surface area contributed by atoms with Gasteiger partial charge >= 0.3 is 5.97 Å². The van der Waals surface area contributed by atoms with Crippen LogP contribution in [0.1, 0.15) is 5.56 Å². The lowest BCUT2D eigenvalue weighted by Gasteiger charge is -2.12. The highest BCUT2D eigenvalue weighted by Crippen LogP contribution is 2.31. The predicted molar refractivity (Wildman–Crippen MR) is 118 cm³/mol. The maximum Gasteiger partial charge on any atom is 0.325 e. The number of aromatic nitrogens is 3. The van der Waals surface area contributed by atoms with Gasteiger partial charge in [0, 0.05) is 6.54 Å². The molecule has 3 rings (SSSR count). The Bertz CT molecular complexity index is 1020. The van der Waals surface area contributed by atoms with Crippen molar-refractivity contribution in [1.29, 1.82) is 0 Å². The largest absolute Gasteiger partial charge is 0.496 e. The third-order valence-electron chi connectivity index (χ3n) is 4.52. The van der Waals surface area contributed by atoms with Crippen molar-refractivity contribution in [1.82, 2.24) is 20.1 Å². The Balaban J connectivity index is 1.80. The summed E-state index contributed by atoms with van der Waals surface area (Å²) < 4.78 is 12.0. The van der Waals surface area contributed by atoms with E-state index in [4.69, 9.17) is 4.74 Å². The average molecular weight is 441 g/mol. The maximum atomic E-state index is 12.1. The molecule has 3 aromatic rings. The molecule has 1 N–H and O–H groups in total. The van der Waals surface area contributed by atoms with Crippen molar-refractivity contribution in [3.8, 4) is 17.1 Å². The molecule has 8 nitrogen and oxygen atoms in total. The molecule has 0 aliphatic carbocycles. The fraction of sp³-hybridized carbons (Fsp3) is 0.273. The number of thioether (sulfide) groups is 1. The Morgan fingerprint density at radius 1 is 1.03 bits per heavy atom. The zero-order valence-corrected chi connectivity index (χ0v) is 18.2. The van der Waals surface area contributed by atoms with Crippen LogP contribution in [0.2, 0.25) is 0 Å². The van der Waals surface area contributed by atoms with Crippen LogP contribution in [0.3, 0.4) is 0 Å². The number of ether oxygens (including phenoxy) is 2. The zero-order chi connectivity index (χ0) is 22.1. The molecule has 0 aliphatic rings. The van der Waals surface area contributed by atoms with Crippen molar-refractivity contribution in [2.24, 2.45) is 0 Å². The fourth-order valence-electron chi connectivity index (χ4n) is 2.94. The monoisotopic (exact) mass is 440 g/mol. The summed E-state index contributed by atoms with van der Waals surface area (Å²) in [5, 5.41) is 11.8. The molecule has 2 aromatic carbocycles. The lowest BCUT2D eigenvalue weighted by atomic mass is 10.1. The second-order valence-electron chi connectivity index (χ2n) is 6.54. The van der Waals surface area contributed by atoms with Gasteiger partial charge in [-0.05, 0) is 24.1 Å². The zero-order valence-electron chi connectivity index (χ0n) is 17.4. The third-order valence-corrected chi connectivity index (χ3v) is 5.49. The average Bonchev–Trinajstić information content (AvgIpc) is 3.22. The number of rotatable bonds is 10. The minimum Gasteiger partial charge on any atom is -0.496 e. The number of nitrogens with one attached hydrogen (secondary N) is 1. The van der Waals surface area contributed by atoms with Gasteiger partial charge in [0.25, 0.3) is 0 Å². The van der Waals surface area contributed by atoms with Gasteiger partial charge in [0.05, 0.1) is 25.5 Å².